The summed E-state index contributed by atoms with van der Waals surface area (Å²) in [4.78, 5) is 7.49. The summed E-state index contributed by atoms with van der Waals surface area (Å²) in [6.07, 6.45) is 0. The van der Waals surface area contributed by atoms with E-state index in [9.17, 15) is 0 Å². The number of para-hydroxylation sites is 3. The SMILES string of the molecule is Cc1c(N(c2ccccc2)c2cccc3ccccc23)c(C)c(N(c2ccccc2)c2cccc3ccccc23)c(C)c1N(c1ccccc1)c1cccc2ccccc12. The van der Waals surface area contributed by atoms with E-state index < -0.39 is 0 Å². The maximum absolute atomic E-state index is 2.50. The standard InChI is InChI=1S/C57H45N3/c1-40-55(58(46-28-7-4-8-29-46)52-37-19-25-43-22-13-16-34-49(43)52)41(2)57(60(48-32-11-6-12-33-48)54-39-21-27-45-24-15-18-36-51(45)54)42(3)56(40)59(47-30-9-5-10-31-47)53-38-20-26-44-23-14-17-35-50(44)53/h4-39H,1-3H3. The highest BCUT2D eigenvalue weighted by Crippen LogP contribution is 2.55. The number of rotatable bonds is 9. The van der Waals surface area contributed by atoms with Crippen molar-refractivity contribution in [2.45, 2.75) is 20.8 Å². The van der Waals surface area contributed by atoms with Crippen LogP contribution in [0.5, 0.6) is 0 Å². The maximum Gasteiger partial charge on any atom is 0.0562 e. The van der Waals surface area contributed by atoms with Gasteiger partial charge in [0.2, 0.25) is 0 Å². The highest BCUT2D eigenvalue weighted by atomic mass is 15.2. The lowest BCUT2D eigenvalue weighted by Gasteiger charge is -2.39. The van der Waals surface area contributed by atoms with Gasteiger partial charge in [-0.25, -0.2) is 0 Å². The fourth-order valence-electron chi connectivity index (χ4n) is 9.29. The molecule has 0 saturated heterocycles. The van der Waals surface area contributed by atoms with Gasteiger partial charge >= 0.3 is 0 Å². The lowest BCUT2D eigenvalue weighted by molar-refractivity contribution is 1.14. The Morgan fingerprint density at radius 1 is 0.233 bits per heavy atom. The van der Waals surface area contributed by atoms with Crippen molar-refractivity contribution in [3.05, 3.63) is 235 Å². The van der Waals surface area contributed by atoms with Crippen molar-refractivity contribution >= 4 is 83.5 Å². The third kappa shape index (κ3) is 6.32. The van der Waals surface area contributed by atoms with E-state index in [-0.39, 0.29) is 0 Å². The van der Waals surface area contributed by atoms with E-state index in [1.165, 1.54) is 49.0 Å². The summed E-state index contributed by atoms with van der Waals surface area (Å²) < 4.78 is 0. The monoisotopic (exact) mass is 771 g/mol. The largest absolute Gasteiger partial charge is 0.309 e. The van der Waals surface area contributed by atoms with Gasteiger partial charge in [0.05, 0.1) is 34.1 Å². The summed E-state index contributed by atoms with van der Waals surface area (Å²) >= 11 is 0. The van der Waals surface area contributed by atoms with Gasteiger partial charge < -0.3 is 14.7 Å². The van der Waals surface area contributed by atoms with Gasteiger partial charge in [-0.3, -0.25) is 0 Å². The van der Waals surface area contributed by atoms with Crippen LogP contribution < -0.4 is 14.7 Å². The van der Waals surface area contributed by atoms with Crippen LogP contribution in [0.15, 0.2) is 218 Å². The minimum Gasteiger partial charge on any atom is -0.309 e. The molecule has 0 aliphatic carbocycles. The molecule has 60 heavy (non-hydrogen) atoms. The van der Waals surface area contributed by atoms with Crippen LogP contribution in [0.4, 0.5) is 51.2 Å². The summed E-state index contributed by atoms with van der Waals surface area (Å²) in [6, 6.07) is 78.8. The van der Waals surface area contributed by atoms with E-state index >= 15 is 0 Å². The third-order valence-corrected chi connectivity index (χ3v) is 11.9. The fraction of sp³-hybridized carbons (Fsp3) is 0.0526. The van der Waals surface area contributed by atoms with E-state index in [1.54, 1.807) is 0 Å². The molecule has 0 spiro atoms. The van der Waals surface area contributed by atoms with E-state index in [0.717, 1.165) is 51.2 Å². The van der Waals surface area contributed by atoms with Crippen molar-refractivity contribution < 1.29 is 0 Å². The normalized spacial score (nSPS) is 11.2. The summed E-state index contributed by atoms with van der Waals surface area (Å²) in [5, 5.41) is 7.16. The predicted molar refractivity (Wildman–Crippen MR) is 257 cm³/mol. The Morgan fingerprint density at radius 2 is 0.467 bits per heavy atom. The number of fused-ring (bicyclic) bond motifs is 3. The molecule has 0 saturated carbocycles. The van der Waals surface area contributed by atoms with Gasteiger partial charge in [-0.15, -0.1) is 0 Å². The molecule has 0 aliphatic rings. The first kappa shape index (κ1) is 36.7. The van der Waals surface area contributed by atoms with Gasteiger partial charge in [0.25, 0.3) is 0 Å². The van der Waals surface area contributed by atoms with Crippen LogP contribution in [0.25, 0.3) is 32.3 Å². The molecule has 0 heterocycles. The fourth-order valence-corrected chi connectivity index (χ4v) is 9.29. The summed E-state index contributed by atoms with van der Waals surface area (Å²) in [5.74, 6) is 0. The second-order valence-corrected chi connectivity index (χ2v) is 15.4. The number of hydrogen-bond donors (Lipinski definition) is 0. The molecule has 10 aromatic carbocycles. The first-order valence-corrected chi connectivity index (χ1v) is 20.7. The Hall–Kier alpha value is -7.62. The van der Waals surface area contributed by atoms with Crippen LogP contribution in [0.2, 0.25) is 0 Å². The minimum atomic E-state index is 1.09. The third-order valence-electron chi connectivity index (χ3n) is 11.9. The van der Waals surface area contributed by atoms with Gasteiger partial charge in [0, 0.05) is 33.2 Å². The number of hydrogen-bond acceptors (Lipinski definition) is 3. The molecule has 0 unspecified atom stereocenters. The van der Waals surface area contributed by atoms with Crippen molar-refractivity contribution in [3.63, 3.8) is 0 Å². The topological polar surface area (TPSA) is 9.72 Å². The lowest BCUT2D eigenvalue weighted by Crippen LogP contribution is -2.22. The Kier molecular flexibility index (Phi) is 9.55. The zero-order valence-electron chi connectivity index (χ0n) is 34.1. The average Bonchev–Trinajstić information content (AvgIpc) is 3.31. The van der Waals surface area contributed by atoms with Gasteiger partial charge in [-0.05, 0) is 108 Å². The zero-order chi connectivity index (χ0) is 40.6. The van der Waals surface area contributed by atoms with E-state index in [1.807, 2.05) is 0 Å². The van der Waals surface area contributed by atoms with Crippen LogP contribution >= 0.6 is 0 Å². The Balaban J connectivity index is 1.39. The van der Waals surface area contributed by atoms with Gasteiger partial charge in [-0.2, -0.15) is 0 Å². The molecule has 0 bridgehead atoms. The lowest BCUT2D eigenvalue weighted by atomic mass is 9.93. The maximum atomic E-state index is 2.50. The second-order valence-electron chi connectivity index (χ2n) is 15.4. The summed E-state index contributed by atoms with van der Waals surface area (Å²) in [6.45, 7) is 6.96. The summed E-state index contributed by atoms with van der Waals surface area (Å²) in [7, 11) is 0. The molecule has 0 atom stereocenters. The smallest absolute Gasteiger partial charge is 0.0562 e. The highest BCUT2D eigenvalue weighted by Gasteiger charge is 2.32. The van der Waals surface area contributed by atoms with E-state index in [0.29, 0.717) is 0 Å². The highest BCUT2D eigenvalue weighted by molar-refractivity contribution is 6.07. The van der Waals surface area contributed by atoms with Crippen LogP contribution in [-0.4, -0.2) is 0 Å². The van der Waals surface area contributed by atoms with E-state index in [4.69, 9.17) is 0 Å². The molecular formula is C57H45N3. The molecule has 0 N–H and O–H groups in total. The molecule has 0 radical (unpaired) electrons. The van der Waals surface area contributed by atoms with Crippen LogP contribution in [0, 0.1) is 20.8 Å². The van der Waals surface area contributed by atoms with Crippen molar-refractivity contribution in [1.29, 1.82) is 0 Å². The van der Waals surface area contributed by atoms with Gasteiger partial charge in [0.1, 0.15) is 0 Å². The van der Waals surface area contributed by atoms with Gasteiger partial charge in [-0.1, -0.05) is 164 Å². The molecule has 0 fully saturated rings. The van der Waals surface area contributed by atoms with Crippen LogP contribution in [-0.2, 0) is 0 Å². The van der Waals surface area contributed by atoms with Crippen molar-refractivity contribution in [3.8, 4) is 0 Å². The first-order chi connectivity index (χ1) is 29.6. The van der Waals surface area contributed by atoms with Crippen molar-refractivity contribution in [1.82, 2.24) is 0 Å². The Labute approximate surface area is 352 Å². The Morgan fingerprint density at radius 3 is 0.750 bits per heavy atom. The number of benzene rings is 10. The predicted octanol–water partition coefficient (Wildman–Crippen LogP) is 16.5. The zero-order valence-corrected chi connectivity index (χ0v) is 34.1. The molecule has 0 aromatic heterocycles. The van der Waals surface area contributed by atoms with Crippen molar-refractivity contribution in [2.24, 2.45) is 0 Å². The molecule has 0 amide bonds. The van der Waals surface area contributed by atoms with Gasteiger partial charge in [0.15, 0.2) is 0 Å². The van der Waals surface area contributed by atoms with E-state index in [2.05, 4.69) is 254 Å². The second kappa shape index (κ2) is 15.6. The first-order valence-electron chi connectivity index (χ1n) is 20.7. The summed E-state index contributed by atoms with van der Waals surface area (Å²) in [5.41, 5.74) is 13.6. The average molecular weight is 772 g/mol. The van der Waals surface area contributed by atoms with Crippen LogP contribution in [0.1, 0.15) is 16.7 Å². The number of anilines is 9. The number of nitrogens with zero attached hydrogens (tertiary/aromatic N) is 3. The molecule has 0 aliphatic heterocycles. The Bertz CT molecular complexity index is 2760. The molecule has 10 rings (SSSR count). The minimum absolute atomic E-state index is 1.09. The molecule has 10 aromatic rings. The molecule has 3 heteroatoms. The van der Waals surface area contributed by atoms with Crippen LogP contribution in [0.3, 0.4) is 0 Å². The molecular weight excluding hydrogens is 727 g/mol. The molecule has 3 nitrogen and oxygen atoms in total. The molecule has 288 valence electrons. The quantitative estimate of drug-likeness (QED) is 0.145. The van der Waals surface area contributed by atoms with Crippen molar-refractivity contribution in [2.75, 3.05) is 14.7 Å².